The highest BCUT2D eigenvalue weighted by Crippen LogP contribution is 2.29. The van der Waals surface area contributed by atoms with E-state index in [0.717, 1.165) is 12.1 Å². The van der Waals surface area contributed by atoms with Crippen LogP contribution in [-0.4, -0.2) is 17.9 Å². The average molecular weight is 287 g/mol. The van der Waals surface area contributed by atoms with Gasteiger partial charge in [0.2, 0.25) is 0 Å². The maximum Gasteiger partial charge on any atom is 0.416 e. The molecule has 1 rings (SSSR count). The lowest BCUT2D eigenvalue weighted by atomic mass is 10.1. The Morgan fingerprint density at radius 2 is 2.16 bits per heavy atom. The molecule has 0 spiro atoms. The van der Waals surface area contributed by atoms with Crippen LogP contribution in [0.15, 0.2) is 42.0 Å². The van der Waals surface area contributed by atoms with Crippen LogP contribution in [0.1, 0.15) is 11.1 Å². The van der Waals surface area contributed by atoms with Crippen LogP contribution in [0, 0.1) is 0 Å². The number of hydrogen-bond acceptors (Lipinski definition) is 2. The van der Waals surface area contributed by atoms with Crippen LogP contribution in [0.3, 0.4) is 0 Å². The molecule has 0 aliphatic carbocycles. The number of alkyl halides is 3. The van der Waals surface area contributed by atoms with Gasteiger partial charge in [0.05, 0.1) is 11.8 Å². The SMILES string of the molecule is C=CCNC(=S)NN=Cc1cccc(C(F)(F)F)c1. The summed E-state index contributed by atoms with van der Waals surface area (Å²) in [5.74, 6) is 0. The summed E-state index contributed by atoms with van der Waals surface area (Å²) in [6.07, 6.45) is -1.49. The number of rotatable bonds is 4. The number of hydrazone groups is 1. The molecule has 0 saturated heterocycles. The zero-order chi connectivity index (χ0) is 14.3. The van der Waals surface area contributed by atoms with Crippen LogP contribution in [0.4, 0.5) is 13.2 Å². The van der Waals surface area contributed by atoms with Crippen LogP contribution >= 0.6 is 12.2 Å². The topological polar surface area (TPSA) is 36.4 Å². The first-order chi connectivity index (χ1) is 8.93. The number of thiocarbonyl (C=S) groups is 1. The van der Waals surface area contributed by atoms with Gasteiger partial charge in [-0.05, 0) is 29.9 Å². The zero-order valence-electron chi connectivity index (χ0n) is 9.87. The fourth-order valence-corrected chi connectivity index (χ4v) is 1.30. The summed E-state index contributed by atoms with van der Waals surface area (Å²) in [7, 11) is 0. The molecule has 0 aliphatic rings. The molecule has 7 heteroatoms. The summed E-state index contributed by atoms with van der Waals surface area (Å²) in [4.78, 5) is 0. The number of benzene rings is 1. The molecule has 0 unspecified atom stereocenters. The Bertz CT molecular complexity index is 483. The Morgan fingerprint density at radius 3 is 2.79 bits per heavy atom. The second-order valence-corrected chi connectivity index (χ2v) is 3.90. The van der Waals surface area contributed by atoms with Gasteiger partial charge < -0.3 is 5.32 Å². The third kappa shape index (κ3) is 5.52. The van der Waals surface area contributed by atoms with Gasteiger partial charge in [-0.2, -0.15) is 18.3 Å². The normalized spacial score (nSPS) is 11.3. The minimum absolute atomic E-state index is 0.267. The molecule has 0 aliphatic heterocycles. The Morgan fingerprint density at radius 1 is 1.42 bits per heavy atom. The van der Waals surface area contributed by atoms with Crippen molar-refractivity contribution in [2.24, 2.45) is 5.10 Å². The minimum atomic E-state index is -4.36. The van der Waals surface area contributed by atoms with Gasteiger partial charge in [-0.1, -0.05) is 18.2 Å². The van der Waals surface area contributed by atoms with Gasteiger partial charge in [-0.25, -0.2) is 0 Å². The first kappa shape index (κ1) is 15.2. The Labute approximate surface area is 114 Å². The quantitative estimate of drug-likeness (QED) is 0.387. The van der Waals surface area contributed by atoms with Crippen molar-refractivity contribution >= 4 is 23.5 Å². The number of nitrogens with zero attached hydrogens (tertiary/aromatic N) is 1. The summed E-state index contributed by atoms with van der Waals surface area (Å²) in [6, 6.07) is 4.84. The van der Waals surface area contributed by atoms with Crippen LogP contribution in [0.25, 0.3) is 0 Å². The molecule has 0 saturated carbocycles. The number of hydrogen-bond donors (Lipinski definition) is 2. The molecule has 0 aromatic heterocycles. The van der Waals surface area contributed by atoms with Crippen molar-refractivity contribution < 1.29 is 13.2 Å². The van der Waals surface area contributed by atoms with E-state index in [1.807, 2.05) is 0 Å². The molecule has 102 valence electrons. The van der Waals surface area contributed by atoms with Crippen molar-refractivity contribution in [1.82, 2.24) is 10.7 Å². The van der Waals surface area contributed by atoms with Gasteiger partial charge in [-0.3, -0.25) is 5.43 Å². The van der Waals surface area contributed by atoms with Crippen molar-refractivity contribution in [3.05, 3.63) is 48.0 Å². The van der Waals surface area contributed by atoms with Crippen molar-refractivity contribution in [2.75, 3.05) is 6.54 Å². The minimum Gasteiger partial charge on any atom is -0.358 e. The monoisotopic (exact) mass is 287 g/mol. The van der Waals surface area contributed by atoms with E-state index < -0.39 is 11.7 Å². The number of nitrogens with one attached hydrogen (secondary N) is 2. The standard InChI is InChI=1S/C12H12F3N3S/c1-2-6-16-11(19)18-17-8-9-4-3-5-10(7-9)12(13,14)15/h2-5,7-8H,1,6H2,(H2,16,18,19). The molecule has 19 heavy (non-hydrogen) atoms. The fourth-order valence-electron chi connectivity index (χ4n) is 1.17. The summed E-state index contributed by atoms with van der Waals surface area (Å²) in [5, 5.41) is 6.77. The Kier molecular flexibility index (Phi) is 5.50. The molecule has 0 bridgehead atoms. The van der Waals surface area contributed by atoms with Crippen LogP contribution in [-0.2, 0) is 6.18 Å². The molecule has 0 atom stereocenters. The van der Waals surface area contributed by atoms with E-state index in [9.17, 15) is 13.2 Å². The van der Waals surface area contributed by atoms with Gasteiger partial charge in [0.15, 0.2) is 5.11 Å². The van der Waals surface area contributed by atoms with Crippen LogP contribution < -0.4 is 10.7 Å². The van der Waals surface area contributed by atoms with Gasteiger partial charge in [0, 0.05) is 6.54 Å². The second-order valence-electron chi connectivity index (χ2n) is 3.49. The molecule has 1 aromatic carbocycles. The third-order valence-corrected chi connectivity index (χ3v) is 2.24. The van der Waals surface area contributed by atoms with Crippen molar-refractivity contribution in [3.63, 3.8) is 0 Å². The lowest BCUT2D eigenvalue weighted by Crippen LogP contribution is -2.31. The number of halogens is 3. The molecule has 1 aromatic rings. The van der Waals surface area contributed by atoms with Crippen molar-refractivity contribution in [2.45, 2.75) is 6.18 Å². The van der Waals surface area contributed by atoms with Gasteiger partial charge in [0.1, 0.15) is 0 Å². The largest absolute Gasteiger partial charge is 0.416 e. The predicted molar refractivity (Wildman–Crippen MR) is 73.0 cm³/mol. The van der Waals surface area contributed by atoms with E-state index >= 15 is 0 Å². The highest BCUT2D eigenvalue weighted by Gasteiger charge is 2.30. The van der Waals surface area contributed by atoms with Crippen LogP contribution in [0.2, 0.25) is 0 Å². The van der Waals surface area contributed by atoms with Gasteiger partial charge in [-0.15, -0.1) is 6.58 Å². The molecule has 0 fully saturated rings. The maximum absolute atomic E-state index is 12.5. The molecular weight excluding hydrogens is 275 g/mol. The molecular formula is C12H12F3N3S. The first-order valence-corrected chi connectivity index (χ1v) is 5.69. The second kappa shape index (κ2) is 6.89. The van der Waals surface area contributed by atoms with E-state index in [1.165, 1.54) is 18.3 Å². The predicted octanol–water partition coefficient (Wildman–Crippen LogP) is 2.69. The van der Waals surface area contributed by atoms with Gasteiger partial charge in [0.25, 0.3) is 0 Å². The molecule has 0 radical (unpaired) electrons. The van der Waals surface area contributed by atoms with E-state index in [2.05, 4.69) is 22.4 Å². The fraction of sp³-hybridized carbons (Fsp3) is 0.167. The van der Waals surface area contributed by atoms with Crippen molar-refractivity contribution in [3.8, 4) is 0 Å². The van der Waals surface area contributed by atoms with Crippen LogP contribution in [0.5, 0.6) is 0 Å². The molecule has 3 nitrogen and oxygen atoms in total. The molecule has 0 heterocycles. The Hall–Kier alpha value is -1.89. The first-order valence-electron chi connectivity index (χ1n) is 5.28. The van der Waals surface area contributed by atoms with E-state index in [4.69, 9.17) is 12.2 Å². The molecule has 0 amide bonds. The summed E-state index contributed by atoms with van der Waals surface area (Å²) in [6.45, 7) is 3.98. The maximum atomic E-state index is 12.5. The lowest BCUT2D eigenvalue weighted by Gasteiger charge is -2.06. The smallest absolute Gasteiger partial charge is 0.358 e. The van der Waals surface area contributed by atoms with Gasteiger partial charge >= 0.3 is 6.18 Å². The zero-order valence-corrected chi connectivity index (χ0v) is 10.7. The molecule has 2 N–H and O–H groups in total. The highest BCUT2D eigenvalue weighted by molar-refractivity contribution is 7.80. The summed E-state index contributed by atoms with van der Waals surface area (Å²) in [5.41, 5.74) is 2.09. The van der Waals surface area contributed by atoms with E-state index in [1.54, 1.807) is 6.08 Å². The van der Waals surface area contributed by atoms with E-state index in [-0.39, 0.29) is 5.11 Å². The Balaban J connectivity index is 2.62. The van der Waals surface area contributed by atoms with E-state index in [0.29, 0.717) is 12.1 Å². The summed E-state index contributed by atoms with van der Waals surface area (Å²) < 4.78 is 37.4. The lowest BCUT2D eigenvalue weighted by molar-refractivity contribution is -0.137. The third-order valence-electron chi connectivity index (χ3n) is 2.00. The van der Waals surface area contributed by atoms with Crippen molar-refractivity contribution in [1.29, 1.82) is 0 Å². The highest BCUT2D eigenvalue weighted by atomic mass is 32.1. The average Bonchev–Trinajstić information content (AvgIpc) is 2.36. The summed E-state index contributed by atoms with van der Waals surface area (Å²) >= 11 is 4.86.